The molecular weight excluding hydrogens is 446 g/mol. The molecule has 5 rings (SSSR count). The van der Waals surface area contributed by atoms with Crippen LogP contribution in [0.2, 0.25) is 5.02 Å². The van der Waals surface area contributed by atoms with Crippen LogP contribution in [-0.2, 0) is 17.6 Å². The van der Waals surface area contributed by atoms with Crippen LogP contribution in [0.5, 0.6) is 0 Å². The van der Waals surface area contributed by atoms with Gasteiger partial charge in [0, 0.05) is 35.5 Å². The van der Waals surface area contributed by atoms with E-state index in [1.54, 1.807) is 37.5 Å². The van der Waals surface area contributed by atoms with Crippen molar-refractivity contribution in [2.75, 3.05) is 5.32 Å². The maximum Gasteiger partial charge on any atom is 0.225 e. The summed E-state index contributed by atoms with van der Waals surface area (Å²) in [5, 5.41) is 8.80. The van der Waals surface area contributed by atoms with Gasteiger partial charge in [0.15, 0.2) is 5.13 Å². The SMILES string of the molecule is CCC(=O)Nc1nc2c(s1)-c1c(c(-c3cccnc3)nn1-c1ccc(C=O)cc1Cl)CC2. The van der Waals surface area contributed by atoms with Gasteiger partial charge in [0.05, 0.1) is 32.7 Å². The van der Waals surface area contributed by atoms with Crippen LogP contribution in [0.15, 0.2) is 42.7 Å². The van der Waals surface area contributed by atoms with E-state index in [2.05, 4.69) is 15.3 Å². The van der Waals surface area contributed by atoms with Crippen molar-refractivity contribution in [2.24, 2.45) is 0 Å². The number of carbonyl (C=O) groups is 2. The molecule has 0 atom stereocenters. The Kier molecular flexibility index (Phi) is 5.32. The second-order valence-corrected chi connectivity index (χ2v) is 8.76. The largest absolute Gasteiger partial charge is 0.302 e. The number of fused-ring (bicyclic) bond motifs is 3. The van der Waals surface area contributed by atoms with Gasteiger partial charge in [0.25, 0.3) is 0 Å². The molecule has 1 aromatic carbocycles. The zero-order valence-electron chi connectivity index (χ0n) is 17.1. The number of thiazole rings is 1. The quantitative estimate of drug-likeness (QED) is 0.422. The third kappa shape index (κ3) is 3.51. The number of benzene rings is 1. The maximum absolute atomic E-state index is 11.9. The number of anilines is 1. The topological polar surface area (TPSA) is 89.8 Å². The number of aromatic nitrogens is 4. The van der Waals surface area contributed by atoms with Gasteiger partial charge in [0.2, 0.25) is 5.91 Å². The molecule has 0 fully saturated rings. The van der Waals surface area contributed by atoms with Crippen LogP contribution in [0.3, 0.4) is 0 Å². The van der Waals surface area contributed by atoms with E-state index in [-0.39, 0.29) is 5.91 Å². The lowest BCUT2D eigenvalue weighted by molar-refractivity contribution is -0.115. The van der Waals surface area contributed by atoms with Gasteiger partial charge in [-0.2, -0.15) is 5.10 Å². The molecule has 0 unspecified atom stereocenters. The first-order valence-electron chi connectivity index (χ1n) is 10.2. The molecule has 160 valence electrons. The Morgan fingerprint density at radius 3 is 2.91 bits per heavy atom. The lowest BCUT2D eigenvalue weighted by Crippen LogP contribution is -2.09. The molecule has 0 aliphatic heterocycles. The van der Waals surface area contributed by atoms with Crippen LogP contribution < -0.4 is 5.32 Å². The molecule has 1 aliphatic rings. The molecule has 0 saturated carbocycles. The van der Waals surface area contributed by atoms with Gasteiger partial charge in [-0.05, 0) is 43.2 Å². The Hall–Kier alpha value is -3.36. The van der Waals surface area contributed by atoms with E-state index in [4.69, 9.17) is 16.7 Å². The lowest BCUT2D eigenvalue weighted by atomic mass is 9.95. The van der Waals surface area contributed by atoms with Gasteiger partial charge in [0.1, 0.15) is 6.29 Å². The summed E-state index contributed by atoms with van der Waals surface area (Å²) in [6.07, 6.45) is 6.17. The highest BCUT2D eigenvalue weighted by Gasteiger charge is 2.30. The van der Waals surface area contributed by atoms with Gasteiger partial charge >= 0.3 is 0 Å². The molecule has 0 spiro atoms. The summed E-state index contributed by atoms with van der Waals surface area (Å²) in [4.78, 5) is 32.9. The van der Waals surface area contributed by atoms with Gasteiger partial charge in [-0.3, -0.25) is 14.6 Å². The Bertz CT molecular complexity index is 1350. The van der Waals surface area contributed by atoms with E-state index in [9.17, 15) is 9.59 Å². The summed E-state index contributed by atoms with van der Waals surface area (Å²) in [6.45, 7) is 1.81. The van der Waals surface area contributed by atoms with Crippen molar-refractivity contribution in [3.8, 4) is 27.5 Å². The monoisotopic (exact) mass is 463 g/mol. The van der Waals surface area contributed by atoms with Crippen molar-refractivity contribution in [1.29, 1.82) is 0 Å². The van der Waals surface area contributed by atoms with Gasteiger partial charge in [-0.25, -0.2) is 9.67 Å². The van der Waals surface area contributed by atoms with Crippen molar-refractivity contribution >= 4 is 40.3 Å². The average molecular weight is 464 g/mol. The first kappa shape index (κ1) is 20.5. The molecule has 9 heteroatoms. The van der Waals surface area contributed by atoms with E-state index in [1.807, 2.05) is 16.8 Å². The normalized spacial score (nSPS) is 12.2. The van der Waals surface area contributed by atoms with E-state index >= 15 is 0 Å². The zero-order chi connectivity index (χ0) is 22.2. The number of hydrogen-bond acceptors (Lipinski definition) is 6. The van der Waals surface area contributed by atoms with Crippen molar-refractivity contribution in [1.82, 2.24) is 19.7 Å². The molecule has 0 radical (unpaired) electrons. The summed E-state index contributed by atoms with van der Waals surface area (Å²) >= 11 is 7.99. The second kappa shape index (κ2) is 8.29. The van der Waals surface area contributed by atoms with E-state index < -0.39 is 0 Å². The highest BCUT2D eigenvalue weighted by molar-refractivity contribution is 7.19. The molecule has 1 aliphatic carbocycles. The van der Waals surface area contributed by atoms with Gasteiger partial charge < -0.3 is 5.32 Å². The van der Waals surface area contributed by atoms with E-state index in [0.29, 0.717) is 27.8 Å². The standard InChI is InChI=1S/C23H18ClN5O2S/c1-2-19(31)27-23-26-17-7-6-15-20(14-4-3-9-25-11-14)28-29(21(15)22(17)32-23)18-8-5-13(12-30)10-16(18)24/h3-5,8-12H,2,6-7H2,1H3,(H,26,27,31). The number of nitrogens with one attached hydrogen (secondary N) is 1. The number of aldehydes is 1. The minimum Gasteiger partial charge on any atom is -0.302 e. The number of rotatable bonds is 5. The van der Waals surface area contributed by atoms with E-state index in [1.165, 1.54) is 11.3 Å². The second-order valence-electron chi connectivity index (χ2n) is 7.35. The van der Waals surface area contributed by atoms with Crippen molar-refractivity contribution < 1.29 is 9.59 Å². The molecule has 4 aromatic rings. The Morgan fingerprint density at radius 2 is 2.19 bits per heavy atom. The Labute approximate surface area is 193 Å². The average Bonchev–Trinajstić information content (AvgIpc) is 3.40. The van der Waals surface area contributed by atoms with Crippen LogP contribution in [0.4, 0.5) is 5.13 Å². The molecule has 3 heterocycles. The lowest BCUT2D eigenvalue weighted by Gasteiger charge is -2.15. The maximum atomic E-state index is 11.9. The summed E-state index contributed by atoms with van der Waals surface area (Å²) in [5.41, 5.74) is 5.82. The van der Waals surface area contributed by atoms with Crippen LogP contribution in [-0.4, -0.2) is 31.9 Å². The number of hydrogen-bond donors (Lipinski definition) is 1. The van der Waals surface area contributed by atoms with Gasteiger partial charge in [-0.15, -0.1) is 0 Å². The minimum atomic E-state index is -0.0756. The number of carbonyl (C=O) groups excluding carboxylic acids is 2. The highest BCUT2D eigenvalue weighted by Crippen LogP contribution is 2.44. The summed E-state index contributed by atoms with van der Waals surface area (Å²) < 4.78 is 1.82. The van der Waals surface area contributed by atoms with Crippen LogP contribution in [0.25, 0.3) is 27.5 Å². The summed E-state index contributed by atoms with van der Waals surface area (Å²) in [6, 6.07) is 9.00. The fourth-order valence-electron chi connectivity index (χ4n) is 3.81. The molecular formula is C23H18ClN5O2S. The van der Waals surface area contributed by atoms with Crippen LogP contribution in [0, 0.1) is 0 Å². The Balaban J connectivity index is 1.73. The van der Waals surface area contributed by atoms with Crippen molar-refractivity contribution in [2.45, 2.75) is 26.2 Å². The minimum absolute atomic E-state index is 0.0756. The fourth-order valence-corrected chi connectivity index (χ4v) is 5.16. The molecule has 32 heavy (non-hydrogen) atoms. The Morgan fingerprint density at radius 1 is 1.31 bits per heavy atom. The highest BCUT2D eigenvalue weighted by atomic mass is 35.5. The number of pyridine rings is 1. The number of nitrogens with zero attached hydrogens (tertiary/aromatic N) is 4. The first-order valence-corrected chi connectivity index (χ1v) is 11.4. The molecule has 3 aromatic heterocycles. The van der Waals surface area contributed by atoms with Crippen molar-refractivity contribution in [3.05, 3.63) is 64.6 Å². The number of amides is 1. The van der Waals surface area contributed by atoms with Crippen molar-refractivity contribution in [3.63, 3.8) is 0 Å². The molecule has 0 bridgehead atoms. The third-order valence-electron chi connectivity index (χ3n) is 5.35. The molecule has 7 nitrogen and oxygen atoms in total. The zero-order valence-corrected chi connectivity index (χ0v) is 18.7. The van der Waals surface area contributed by atoms with E-state index in [0.717, 1.165) is 52.2 Å². The van der Waals surface area contributed by atoms with Gasteiger partial charge in [-0.1, -0.05) is 29.9 Å². The molecule has 1 amide bonds. The fraction of sp³-hybridized carbons (Fsp3) is 0.174. The summed E-state index contributed by atoms with van der Waals surface area (Å²) in [7, 11) is 0. The third-order valence-corrected chi connectivity index (χ3v) is 6.67. The first-order chi connectivity index (χ1) is 15.6. The number of halogens is 1. The molecule has 1 N–H and O–H groups in total. The smallest absolute Gasteiger partial charge is 0.225 e. The number of aryl methyl sites for hydroxylation is 1. The predicted molar refractivity (Wildman–Crippen MR) is 125 cm³/mol. The predicted octanol–water partition coefficient (Wildman–Crippen LogP) is 4.97. The van der Waals surface area contributed by atoms with Crippen LogP contribution >= 0.6 is 22.9 Å². The molecule has 0 saturated heterocycles. The summed E-state index contributed by atoms with van der Waals surface area (Å²) in [5.74, 6) is -0.0756. The van der Waals surface area contributed by atoms with Crippen LogP contribution in [0.1, 0.15) is 35.0 Å².